The highest BCUT2D eigenvalue weighted by molar-refractivity contribution is 6.32. The van der Waals surface area contributed by atoms with Crippen LogP contribution in [0.15, 0.2) is 24.3 Å². The first-order valence-electron chi connectivity index (χ1n) is 5.49. The number of likely N-dealkylation sites (N-methyl/N-ethyl adjacent to an activating group) is 1. The molecule has 1 aliphatic rings. The maximum Gasteiger partial charge on any atom is 0.113 e. The summed E-state index contributed by atoms with van der Waals surface area (Å²) in [6, 6.07) is 8.19. The molecule has 0 bridgehead atoms. The second-order valence-electron chi connectivity index (χ2n) is 4.32. The summed E-state index contributed by atoms with van der Waals surface area (Å²) in [7, 11) is 7.84. The molecule has 3 heteroatoms. The van der Waals surface area contributed by atoms with Crippen molar-refractivity contribution >= 4 is 13.3 Å². The number of hydrogen-bond acceptors (Lipinski definition) is 2. The van der Waals surface area contributed by atoms with Gasteiger partial charge in [0.15, 0.2) is 0 Å². The molecule has 2 nitrogen and oxygen atoms in total. The normalized spacial score (nSPS) is 19.3. The van der Waals surface area contributed by atoms with Crippen LogP contribution >= 0.6 is 0 Å². The zero-order valence-corrected chi connectivity index (χ0v) is 9.32. The van der Waals surface area contributed by atoms with Crippen LogP contribution in [0.2, 0.25) is 0 Å². The van der Waals surface area contributed by atoms with Crippen molar-refractivity contribution in [1.82, 2.24) is 9.80 Å². The van der Waals surface area contributed by atoms with Crippen molar-refractivity contribution in [2.24, 2.45) is 0 Å². The summed E-state index contributed by atoms with van der Waals surface area (Å²) < 4.78 is 0. The van der Waals surface area contributed by atoms with Gasteiger partial charge in [0.05, 0.1) is 0 Å². The molecule has 15 heavy (non-hydrogen) atoms. The Hall–Kier alpha value is -0.795. The predicted octanol–water partition coefficient (Wildman–Crippen LogP) is 0.228. The fourth-order valence-corrected chi connectivity index (χ4v) is 1.89. The van der Waals surface area contributed by atoms with Gasteiger partial charge < -0.3 is 4.90 Å². The van der Waals surface area contributed by atoms with Crippen molar-refractivity contribution in [2.45, 2.75) is 6.54 Å². The van der Waals surface area contributed by atoms with E-state index in [1.165, 1.54) is 31.7 Å². The molecule has 0 aliphatic carbocycles. The van der Waals surface area contributed by atoms with Gasteiger partial charge >= 0.3 is 0 Å². The van der Waals surface area contributed by atoms with Gasteiger partial charge in [0.2, 0.25) is 0 Å². The smallest absolute Gasteiger partial charge is 0.113 e. The molecule has 0 N–H and O–H groups in total. The number of nitrogens with zero attached hydrogens (tertiary/aromatic N) is 2. The molecular weight excluding hydrogens is 183 g/mol. The highest BCUT2D eigenvalue weighted by Gasteiger charge is 2.13. The van der Waals surface area contributed by atoms with E-state index in [0.29, 0.717) is 0 Å². The lowest BCUT2D eigenvalue weighted by Gasteiger charge is -2.32. The third-order valence-electron chi connectivity index (χ3n) is 2.98. The molecule has 2 rings (SSSR count). The third-order valence-corrected chi connectivity index (χ3v) is 2.98. The van der Waals surface area contributed by atoms with Gasteiger partial charge in [0, 0.05) is 32.7 Å². The highest BCUT2D eigenvalue weighted by atomic mass is 15.2. The maximum absolute atomic E-state index is 5.66. The van der Waals surface area contributed by atoms with E-state index in [1.807, 2.05) is 12.1 Å². The number of piperazine rings is 1. The van der Waals surface area contributed by atoms with Crippen LogP contribution in [0.3, 0.4) is 0 Å². The maximum atomic E-state index is 5.66. The van der Waals surface area contributed by atoms with Crippen LogP contribution in [0, 0.1) is 0 Å². The molecule has 0 amide bonds. The summed E-state index contributed by atoms with van der Waals surface area (Å²) in [5.74, 6) is 0. The first-order valence-corrected chi connectivity index (χ1v) is 5.49. The molecular formula is C12H17BN2. The molecule has 0 unspecified atom stereocenters. The van der Waals surface area contributed by atoms with Crippen molar-refractivity contribution in [3.63, 3.8) is 0 Å². The molecule has 78 valence electrons. The van der Waals surface area contributed by atoms with Crippen LogP contribution < -0.4 is 5.46 Å². The minimum absolute atomic E-state index is 0.845. The van der Waals surface area contributed by atoms with E-state index in [-0.39, 0.29) is 0 Å². The van der Waals surface area contributed by atoms with Crippen molar-refractivity contribution < 1.29 is 0 Å². The van der Waals surface area contributed by atoms with Gasteiger partial charge in [-0.25, -0.2) is 0 Å². The Balaban J connectivity index is 1.89. The summed E-state index contributed by atoms with van der Waals surface area (Å²) in [5.41, 5.74) is 2.20. The lowest BCUT2D eigenvalue weighted by molar-refractivity contribution is 0.148. The molecule has 0 atom stereocenters. The molecule has 0 spiro atoms. The number of benzene rings is 1. The van der Waals surface area contributed by atoms with Crippen molar-refractivity contribution in [1.29, 1.82) is 0 Å². The molecule has 1 fully saturated rings. The average molecular weight is 200 g/mol. The van der Waals surface area contributed by atoms with Gasteiger partial charge in [-0.3, -0.25) is 4.90 Å². The zero-order chi connectivity index (χ0) is 10.7. The van der Waals surface area contributed by atoms with Crippen LogP contribution in [-0.2, 0) is 6.54 Å². The van der Waals surface area contributed by atoms with E-state index in [9.17, 15) is 0 Å². The summed E-state index contributed by atoms with van der Waals surface area (Å²) in [5, 5.41) is 0. The van der Waals surface area contributed by atoms with E-state index in [2.05, 4.69) is 29.0 Å². The Morgan fingerprint density at radius 3 is 2.27 bits per heavy atom. The summed E-state index contributed by atoms with van der Waals surface area (Å²) in [4.78, 5) is 4.87. The van der Waals surface area contributed by atoms with Crippen LogP contribution in [0.4, 0.5) is 0 Å². The van der Waals surface area contributed by atoms with E-state index in [0.717, 1.165) is 12.0 Å². The van der Waals surface area contributed by atoms with E-state index in [4.69, 9.17) is 7.85 Å². The molecule has 0 aromatic heterocycles. The van der Waals surface area contributed by atoms with Gasteiger partial charge in [0.1, 0.15) is 7.85 Å². The van der Waals surface area contributed by atoms with Crippen molar-refractivity contribution in [2.75, 3.05) is 33.2 Å². The van der Waals surface area contributed by atoms with Gasteiger partial charge in [-0.2, -0.15) is 0 Å². The van der Waals surface area contributed by atoms with Crippen molar-refractivity contribution in [3.8, 4) is 0 Å². The Morgan fingerprint density at radius 1 is 1.07 bits per heavy atom. The Labute approximate surface area is 93.3 Å². The molecule has 0 saturated carbocycles. The van der Waals surface area contributed by atoms with Crippen LogP contribution in [-0.4, -0.2) is 50.9 Å². The SMILES string of the molecule is [B]c1ccc(CN2CCN(C)CC2)cc1. The van der Waals surface area contributed by atoms with E-state index in [1.54, 1.807) is 0 Å². The summed E-state index contributed by atoms with van der Waals surface area (Å²) >= 11 is 0. The van der Waals surface area contributed by atoms with Crippen LogP contribution in [0.5, 0.6) is 0 Å². The first kappa shape index (κ1) is 10.7. The second kappa shape index (κ2) is 4.82. The standard InChI is InChI=1S/C12H17BN2/c1-14-6-8-15(9-7-14)10-11-2-4-12(13)5-3-11/h2-5H,6-10H2,1H3. The summed E-state index contributed by atoms with van der Waals surface area (Å²) in [6.07, 6.45) is 0. The highest BCUT2D eigenvalue weighted by Crippen LogP contribution is 2.06. The molecule has 1 aliphatic heterocycles. The van der Waals surface area contributed by atoms with Crippen LogP contribution in [0.1, 0.15) is 5.56 Å². The molecule has 1 aromatic carbocycles. The van der Waals surface area contributed by atoms with Crippen LogP contribution in [0.25, 0.3) is 0 Å². The Morgan fingerprint density at radius 2 is 1.67 bits per heavy atom. The average Bonchev–Trinajstić information content (AvgIpc) is 2.25. The molecule has 1 aromatic rings. The predicted molar refractivity (Wildman–Crippen MR) is 64.6 cm³/mol. The van der Waals surface area contributed by atoms with Gasteiger partial charge in [-0.1, -0.05) is 29.7 Å². The Kier molecular flexibility index (Phi) is 3.44. The van der Waals surface area contributed by atoms with Gasteiger partial charge in [-0.15, -0.1) is 0 Å². The fourth-order valence-electron chi connectivity index (χ4n) is 1.89. The summed E-state index contributed by atoms with van der Waals surface area (Å²) in [6.45, 7) is 5.74. The van der Waals surface area contributed by atoms with Gasteiger partial charge in [0.25, 0.3) is 0 Å². The first-order chi connectivity index (χ1) is 7.24. The molecule has 1 saturated heterocycles. The third kappa shape index (κ3) is 3.08. The van der Waals surface area contributed by atoms with E-state index < -0.39 is 0 Å². The monoisotopic (exact) mass is 200 g/mol. The topological polar surface area (TPSA) is 6.48 Å². The molecule has 1 heterocycles. The van der Waals surface area contributed by atoms with Gasteiger partial charge in [-0.05, 0) is 12.6 Å². The quantitative estimate of drug-likeness (QED) is 0.630. The van der Waals surface area contributed by atoms with E-state index >= 15 is 0 Å². The Bertz CT molecular complexity index is 302. The second-order valence-corrected chi connectivity index (χ2v) is 4.32. The minimum atomic E-state index is 0.845. The number of rotatable bonds is 2. The lowest BCUT2D eigenvalue weighted by Crippen LogP contribution is -2.43. The minimum Gasteiger partial charge on any atom is -0.304 e. The lowest BCUT2D eigenvalue weighted by atomic mass is 9.95. The van der Waals surface area contributed by atoms with Crippen molar-refractivity contribution in [3.05, 3.63) is 29.8 Å². The zero-order valence-electron chi connectivity index (χ0n) is 9.32. The largest absolute Gasteiger partial charge is 0.304 e. The fraction of sp³-hybridized carbons (Fsp3) is 0.500. The molecule has 2 radical (unpaired) electrons. The number of hydrogen-bond donors (Lipinski definition) is 0.